The molecule has 31 heavy (non-hydrogen) atoms. The van der Waals surface area contributed by atoms with Crippen molar-refractivity contribution < 1.29 is 4.79 Å². The molecule has 5 rings (SSSR count). The first-order valence-corrected chi connectivity index (χ1v) is 12.5. The van der Waals surface area contributed by atoms with E-state index in [2.05, 4.69) is 53.5 Å². The summed E-state index contributed by atoms with van der Waals surface area (Å²) in [6.07, 6.45) is 3.93. The highest BCUT2D eigenvalue weighted by molar-refractivity contribution is 7.98. The largest absolute Gasteiger partial charge is 0.340 e. The van der Waals surface area contributed by atoms with Gasteiger partial charge in [0.05, 0.1) is 21.4 Å². The van der Waals surface area contributed by atoms with Crippen molar-refractivity contribution in [1.29, 1.82) is 0 Å². The highest BCUT2D eigenvalue weighted by Crippen LogP contribution is 2.37. The molecule has 2 aromatic heterocycles. The van der Waals surface area contributed by atoms with Crippen LogP contribution in [0.25, 0.3) is 21.5 Å². The fraction of sp³-hybridized carbons (Fsp3) is 0.292. The monoisotopic (exact) mass is 448 g/mol. The van der Waals surface area contributed by atoms with Gasteiger partial charge >= 0.3 is 0 Å². The Kier molecular flexibility index (Phi) is 5.32. The number of thioether (sulfide) groups is 1. The molecule has 1 amide bonds. The van der Waals surface area contributed by atoms with Gasteiger partial charge in [-0.3, -0.25) is 4.79 Å². The van der Waals surface area contributed by atoms with Crippen molar-refractivity contribution in [2.45, 2.75) is 37.6 Å². The lowest BCUT2D eigenvalue weighted by Gasteiger charge is -2.22. The number of para-hydroxylation sites is 1. The van der Waals surface area contributed by atoms with Crippen LogP contribution in [0.1, 0.15) is 45.8 Å². The number of carbonyl (C=O) groups excluding carboxylic acids is 1. The Balaban J connectivity index is 1.51. The van der Waals surface area contributed by atoms with Gasteiger partial charge in [-0.05, 0) is 50.6 Å². The standard InChI is InChI=1S/C24H24N4OS2/c1-14-9-11-16(12-10-14)22-21(25-15(2)31-22)24(29)28-13-5-7-18(28)23-26-17-6-4-8-19(30-3)20(17)27-23/h4,6,8-12,18H,5,7,13H2,1-3H3,(H,26,27). The summed E-state index contributed by atoms with van der Waals surface area (Å²) in [5.74, 6) is 0.860. The molecule has 5 nitrogen and oxygen atoms in total. The third-order valence-corrected chi connectivity index (χ3v) is 7.58. The Bertz CT molecular complexity index is 1260. The second-order valence-electron chi connectivity index (χ2n) is 7.91. The number of hydrogen-bond acceptors (Lipinski definition) is 5. The quantitative estimate of drug-likeness (QED) is 0.389. The number of aromatic nitrogens is 3. The molecule has 0 aliphatic carbocycles. The number of carbonyl (C=O) groups is 1. The lowest BCUT2D eigenvalue weighted by atomic mass is 10.1. The van der Waals surface area contributed by atoms with Gasteiger partial charge in [0.2, 0.25) is 0 Å². The van der Waals surface area contributed by atoms with Crippen LogP contribution in [0.5, 0.6) is 0 Å². The summed E-state index contributed by atoms with van der Waals surface area (Å²) in [5.41, 5.74) is 4.80. The van der Waals surface area contributed by atoms with E-state index in [-0.39, 0.29) is 11.9 Å². The second kappa shape index (κ2) is 8.13. The lowest BCUT2D eigenvalue weighted by Crippen LogP contribution is -2.31. The van der Waals surface area contributed by atoms with Crippen molar-refractivity contribution in [2.24, 2.45) is 0 Å². The van der Waals surface area contributed by atoms with Crippen molar-refractivity contribution in [3.05, 3.63) is 64.6 Å². The SMILES string of the molecule is CSc1cccc2[nH]c(C3CCCN3C(=O)c3nc(C)sc3-c3ccc(C)cc3)nc12. The smallest absolute Gasteiger partial charge is 0.274 e. The zero-order valence-corrected chi connectivity index (χ0v) is 19.4. The lowest BCUT2D eigenvalue weighted by molar-refractivity contribution is 0.0726. The summed E-state index contributed by atoms with van der Waals surface area (Å²) in [4.78, 5) is 30.7. The maximum Gasteiger partial charge on any atom is 0.274 e. The predicted octanol–water partition coefficient (Wildman–Crippen LogP) is 6.00. The summed E-state index contributed by atoms with van der Waals surface area (Å²) < 4.78 is 0. The van der Waals surface area contributed by atoms with E-state index in [9.17, 15) is 4.79 Å². The molecule has 1 unspecified atom stereocenters. The molecule has 1 aliphatic rings. The van der Waals surface area contributed by atoms with Gasteiger partial charge in [0.25, 0.3) is 5.91 Å². The number of nitrogens with zero attached hydrogens (tertiary/aromatic N) is 3. The average Bonchev–Trinajstić information content (AvgIpc) is 3.50. The van der Waals surface area contributed by atoms with Crippen LogP contribution >= 0.6 is 23.1 Å². The second-order valence-corrected chi connectivity index (χ2v) is 9.96. The molecule has 1 aliphatic heterocycles. The molecule has 2 aromatic carbocycles. The molecule has 7 heteroatoms. The maximum absolute atomic E-state index is 13.7. The molecule has 1 atom stereocenters. The Morgan fingerprint density at radius 1 is 1.16 bits per heavy atom. The van der Waals surface area contributed by atoms with Gasteiger partial charge in [0.15, 0.2) is 0 Å². The summed E-state index contributed by atoms with van der Waals surface area (Å²) >= 11 is 3.27. The van der Waals surface area contributed by atoms with E-state index in [1.165, 1.54) is 5.56 Å². The molecule has 1 fully saturated rings. The van der Waals surface area contributed by atoms with E-state index >= 15 is 0 Å². The Morgan fingerprint density at radius 3 is 2.74 bits per heavy atom. The maximum atomic E-state index is 13.7. The van der Waals surface area contributed by atoms with Crippen molar-refractivity contribution >= 4 is 40.0 Å². The number of aryl methyl sites for hydroxylation is 2. The van der Waals surface area contributed by atoms with E-state index < -0.39 is 0 Å². The molecule has 0 spiro atoms. The molecule has 0 radical (unpaired) electrons. The first kappa shape index (κ1) is 20.3. The number of H-pyrrole nitrogens is 1. The van der Waals surface area contributed by atoms with Crippen molar-refractivity contribution in [3.8, 4) is 10.4 Å². The molecular formula is C24H24N4OS2. The van der Waals surface area contributed by atoms with E-state index in [0.717, 1.165) is 56.6 Å². The summed E-state index contributed by atoms with van der Waals surface area (Å²) in [6.45, 7) is 4.75. The Morgan fingerprint density at radius 2 is 1.97 bits per heavy atom. The minimum atomic E-state index is -0.0533. The van der Waals surface area contributed by atoms with Crippen LogP contribution in [-0.4, -0.2) is 38.6 Å². The fourth-order valence-electron chi connectivity index (χ4n) is 4.25. The fourth-order valence-corrected chi connectivity index (χ4v) is 5.73. The average molecular weight is 449 g/mol. The number of aromatic amines is 1. The van der Waals surface area contributed by atoms with E-state index in [4.69, 9.17) is 4.98 Å². The molecular weight excluding hydrogens is 424 g/mol. The van der Waals surface area contributed by atoms with Gasteiger partial charge in [-0.15, -0.1) is 23.1 Å². The summed E-state index contributed by atoms with van der Waals surface area (Å²) in [7, 11) is 0. The van der Waals surface area contributed by atoms with Crippen LogP contribution in [0.4, 0.5) is 0 Å². The van der Waals surface area contributed by atoms with Gasteiger partial charge in [0.1, 0.15) is 17.0 Å². The third kappa shape index (κ3) is 3.66. The number of benzene rings is 2. The molecule has 0 bridgehead atoms. The third-order valence-electron chi connectivity index (χ3n) is 5.79. The Labute approximate surface area is 189 Å². The van der Waals surface area contributed by atoms with Gasteiger partial charge in [-0.25, -0.2) is 9.97 Å². The van der Waals surface area contributed by atoms with E-state index in [1.54, 1.807) is 23.1 Å². The van der Waals surface area contributed by atoms with Gasteiger partial charge in [-0.1, -0.05) is 35.9 Å². The van der Waals surface area contributed by atoms with E-state index in [0.29, 0.717) is 5.69 Å². The predicted molar refractivity (Wildman–Crippen MR) is 128 cm³/mol. The van der Waals surface area contributed by atoms with Crippen molar-refractivity contribution in [1.82, 2.24) is 19.9 Å². The zero-order chi connectivity index (χ0) is 21.5. The van der Waals surface area contributed by atoms with Gasteiger partial charge in [-0.2, -0.15) is 0 Å². The molecule has 1 saturated heterocycles. The summed E-state index contributed by atoms with van der Waals surface area (Å²) in [5, 5.41) is 0.906. The van der Waals surface area contributed by atoms with E-state index in [1.807, 2.05) is 24.0 Å². The van der Waals surface area contributed by atoms with Crippen LogP contribution in [0, 0.1) is 13.8 Å². The van der Waals surface area contributed by atoms with Gasteiger partial charge < -0.3 is 9.88 Å². The Hall–Kier alpha value is -2.64. The topological polar surface area (TPSA) is 61.9 Å². The number of imidazole rings is 1. The number of thiazole rings is 1. The first-order chi connectivity index (χ1) is 15.0. The molecule has 1 N–H and O–H groups in total. The highest BCUT2D eigenvalue weighted by atomic mass is 32.2. The van der Waals surface area contributed by atoms with Crippen LogP contribution in [0.15, 0.2) is 47.4 Å². The minimum absolute atomic E-state index is 0.00651. The molecule has 158 valence electrons. The van der Waals surface area contributed by atoms with Crippen molar-refractivity contribution in [3.63, 3.8) is 0 Å². The number of nitrogens with one attached hydrogen (secondary N) is 1. The van der Waals surface area contributed by atoms with Crippen LogP contribution < -0.4 is 0 Å². The number of rotatable bonds is 4. The van der Waals surface area contributed by atoms with Crippen LogP contribution in [-0.2, 0) is 0 Å². The van der Waals surface area contributed by atoms with Gasteiger partial charge in [0, 0.05) is 11.4 Å². The number of amides is 1. The zero-order valence-electron chi connectivity index (χ0n) is 17.8. The number of hydrogen-bond donors (Lipinski definition) is 1. The molecule has 4 aromatic rings. The van der Waals surface area contributed by atoms with Crippen molar-refractivity contribution in [2.75, 3.05) is 12.8 Å². The number of fused-ring (bicyclic) bond motifs is 1. The highest BCUT2D eigenvalue weighted by Gasteiger charge is 2.35. The van der Waals surface area contributed by atoms with Crippen LogP contribution in [0.3, 0.4) is 0 Å². The summed E-state index contributed by atoms with van der Waals surface area (Å²) in [6, 6.07) is 14.4. The van der Waals surface area contributed by atoms with Crippen LogP contribution in [0.2, 0.25) is 0 Å². The first-order valence-electron chi connectivity index (χ1n) is 10.4. The normalized spacial score (nSPS) is 16.4. The number of likely N-dealkylation sites (tertiary alicyclic amines) is 1. The minimum Gasteiger partial charge on any atom is -0.340 e. The molecule has 0 saturated carbocycles. The molecule has 3 heterocycles.